The Labute approximate surface area is 189 Å². The van der Waals surface area contributed by atoms with Crippen molar-refractivity contribution in [3.8, 4) is 28.3 Å². The molecule has 3 aromatic heterocycles. The van der Waals surface area contributed by atoms with Crippen LogP contribution in [0.1, 0.15) is 33.1 Å². The third kappa shape index (κ3) is 2.99. The molecule has 0 saturated heterocycles. The van der Waals surface area contributed by atoms with Crippen molar-refractivity contribution in [2.75, 3.05) is 0 Å². The summed E-state index contributed by atoms with van der Waals surface area (Å²) in [5.74, 6) is -0.159. The van der Waals surface area contributed by atoms with Gasteiger partial charge in [0.1, 0.15) is 11.7 Å². The number of nitriles is 1. The summed E-state index contributed by atoms with van der Waals surface area (Å²) in [4.78, 5) is 25.0. The van der Waals surface area contributed by atoms with Crippen molar-refractivity contribution in [2.24, 2.45) is 0 Å². The zero-order chi connectivity index (χ0) is 22.4. The molecule has 6 heteroatoms. The van der Waals surface area contributed by atoms with Crippen molar-refractivity contribution in [3.05, 3.63) is 108 Å². The summed E-state index contributed by atoms with van der Waals surface area (Å²) in [5.41, 5.74) is 7.80. The second-order valence-corrected chi connectivity index (χ2v) is 7.94. The lowest BCUT2D eigenvalue weighted by molar-refractivity contribution is 0.0945. The van der Waals surface area contributed by atoms with Crippen molar-refractivity contribution in [2.45, 2.75) is 6.04 Å². The first-order valence-corrected chi connectivity index (χ1v) is 10.6. The summed E-state index contributed by atoms with van der Waals surface area (Å²) in [5, 5.41) is 13.4. The number of carbonyl (C=O) groups is 1. The first-order valence-electron chi connectivity index (χ1n) is 10.6. The Morgan fingerprint density at radius 2 is 1.85 bits per heavy atom. The number of nitrogens with zero attached hydrogens (tertiary/aromatic N) is 3. The van der Waals surface area contributed by atoms with Crippen LogP contribution in [0.4, 0.5) is 0 Å². The van der Waals surface area contributed by atoms with E-state index < -0.39 is 0 Å². The van der Waals surface area contributed by atoms with Gasteiger partial charge in [-0.3, -0.25) is 9.78 Å². The highest BCUT2D eigenvalue weighted by Gasteiger charge is 2.32. The van der Waals surface area contributed by atoms with Gasteiger partial charge >= 0.3 is 0 Å². The number of hydrogen-bond acceptors (Lipinski definition) is 4. The first kappa shape index (κ1) is 19.0. The largest absolute Gasteiger partial charge is 0.346 e. The lowest BCUT2D eigenvalue weighted by Crippen LogP contribution is -2.28. The van der Waals surface area contributed by atoms with Gasteiger partial charge in [-0.15, -0.1) is 0 Å². The average Bonchev–Trinajstić information content (AvgIpc) is 3.47. The van der Waals surface area contributed by atoms with Gasteiger partial charge in [0.25, 0.3) is 5.91 Å². The standard InChI is InChI=1S/C27H17N5O/c28-13-16-12-17(15-29-14-16)18-6-3-7-23-24(18)19-4-1-2-5-20(19)25(23)32-27(33)22-9-11-31-26-21(22)8-10-30-26/h1-12,14-15,25H,(H,30,31)(H,32,33). The summed E-state index contributed by atoms with van der Waals surface area (Å²) in [6.45, 7) is 0. The molecule has 0 fully saturated rings. The van der Waals surface area contributed by atoms with Gasteiger partial charge in [0, 0.05) is 35.7 Å². The van der Waals surface area contributed by atoms with Gasteiger partial charge in [0.05, 0.1) is 17.2 Å². The maximum Gasteiger partial charge on any atom is 0.252 e. The predicted molar refractivity (Wildman–Crippen MR) is 125 cm³/mol. The number of aromatic amines is 1. The number of aromatic nitrogens is 3. The molecule has 0 aliphatic heterocycles. The smallest absolute Gasteiger partial charge is 0.252 e. The Bertz CT molecular complexity index is 1590. The van der Waals surface area contributed by atoms with Gasteiger partial charge in [0.2, 0.25) is 0 Å². The van der Waals surface area contributed by atoms with Crippen LogP contribution in [0.3, 0.4) is 0 Å². The molecule has 5 aromatic rings. The molecule has 3 heterocycles. The fraction of sp³-hybridized carbons (Fsp3) is 0.0370. The fourth-order valence-corrected chi connectivity index (χ4v) is 4.67. The van der Waals surface area contributed by atoms with Gasteiger partial charge in [-0.2, -0.15) is 5.26 Å². The zero-order valence-electron chi connectivity index (χ0n) is 17.4. The zero-order valence-corrected chi connectivity index (χ0v) is 17.4. The number of amides is 1. The molecule has 0 spiro atoms. The number of rotatable bonds is 3. The Morgan fingerprint density at radius 1 is 1.00 bits per heavy atom. The van der Waals surface area contributed by atoms with E-state index >= 15 is 0 Å². The average molecular weight is 427 g/mol. The van der Waals surface area contributed by atoms with Gasteiger partial charge < -0.3 is 10.3 Å². The van der Waals surface area contributed by atoms with Crippen molar-refractivity contribution in [1.82, 2.24) is 20.3 Å². The molecular weight excluding hydrogens is 410 g/mol. The summed E-state index contributed by atoms with van der Waals surface area (Å²) >= 11 is 0. The van der Waals surface area contributed by atoms with E-state index in [2.05, 4.69) is 32.4 Å². The number of pyridine rings is 2. The predicted octanol–water partition coefficient (Wildman–Crippen LogP) is 5.00. The van der Waals surface area contributed by atoms with E-state index in [1.54, 1.807) is 30.9 Å². The highest BCUT2D eigenvalue weighted by Crippen LogP contribution is 2.48. The highest BCUT2D eigenvalue weighted by molar-refractivity contribution is 6.06. The van der Waals surface area contributed by atoms with Gasteiger partial charge in [-0.05, 0) is 46.0 Å². The van der Waals surface area contributed by atoms with Crippen LogP contribution in [0.15, 0.2) is 85.5 Å². The lowest BCUT2D eigenvalue weighted by atomic mass is 9.94. The lowest BCUT2D eigenvalue weighted by Gasteiger charge is -2.17. The second kappa shape index (κ2) is 7.43. The van der Waals surface area contributed by atoms with Crippen molar-refractivity contribution >= 4 is 16.9 Å². The minimum atomic E-state index is -0.294. The van der Waals surface area contributed by atoms with Crippen molar-refractivity contribution < 1.29 is 4.79 Å². The monoisotopic (exact) mass is 427 g/mol. The summed E-state index contributed by atoms with van der Waals surface area (Å²) < 4.78 is 0. The molecule has 0 saturated carbocycles. The van der Waals surface area contributed by atoms with Crippen LogP contribution in [0.2, 0.25) is 0 Å². The van der Waals surface area contributed by atoms with Crippen LogP contribution >= 0.6 is 0 Å². The molecule has 1 unspecified atom stereocenters. The van der Waals surface area contributed by atoms with E-state index in [0.29, 0.717) is 16.8 Å². The SMILES string of the molecule is N#Cc1cncc(-c2cccc3c2-c2ccccc2C3NC(=O)c2ccnc3[nH]ccc23)c1. The summed E-state index contributed by atoms with van der Waals surface area (Å²) in [7, 11) is 0. The van der Waals surface area contributed by atoms with Crippen LogP contribution in [0.5, 0.6) is 0 Å². The van der Waals surface area contributed by atoms with Crippen molar-refractivity contribution in [3.63, 3.8) is 0 Å². The minimum Gasteiger partial charge on any atom is -0.346 e. The maximum atomic E-state index is 13.4. The molecule has 156 valence electrons. The van der Waals surface area contributed by atoms with Crippen molar-refractivity contribution in [1.29, 1.82) is 5.26 Å². The number of benzene rings is 2. The van der Waals surface area contributed by atoms with E-state index in [-0.39, 0.29) is 11.9 Å². The number of hydrogen-bond donors (Lipinski definition) is 2. The highest BCUT2D eigenvalue weighted by atomic mass is 16.1. The fourth-order valence-electron chi connectivity index (χ4n) is 4.67. The quantitative estimate of drug-likeness (QED) is 0.424. The Morgan fingerprint density at radius 3 is 2.76 bits per heavy atom. The number of fused-ring (bicyclic) bond motifs is 4. The van der Waals surface area contributed by atoms with Crippen LogP contribution in [0.25, 0.3) is 33.3 Å². The van der Waals surface area contributed by atoms with Crippen LogP contribution in [-0.2, 0) is 0 Å². The first-order chi connectivity index (χ1) is 16.2. The Hall–Kier alpha value is -4.76. The Balaban J connectivity index is 1.48. The summed E-state index contributed by atoms with van der Waals surface area (Å²) in [6.07, 6.45) is 6.74. The molecule has 0 bridgehead atoms. The molecule has 1 aliphatic carbocycles. The van der Waals surface area contributed by atoms with Gasteiger partial charge in [0.15, 0.2) is 0 Å². The molecule has 1 atom stereocenters. The van der Waals surface area contributed by atoms with Gasteiger partial charge in [-0.1, -0.05) is 42.5 Å². The topological polar surface area (TPSA) is 94.5 Å². The molecule has 1 aliphatic rings. The number of nitrogens with one attached hydrogen (secondary N) is 2. The molecule has 6 nitrogen and oxygen atoms in total. The van der Waals surface area contributed by atoms with E-state index in [1.807, 2.05) is 48.5 Å². The number of H-pyrrole nitrogens is 1. The molecule has 2 N–H and O–H groups in total. The van der Waals surface area contributed by atoms with Crippen LogP contribution in [-0.4, -0.2) is 20.9 Å². The minimum absolute atomic E-state index is 0.159. The second-order valence-electron chi connectivity index (χ2n) is 7.94. The van der Waals surface area contributed by atoms with Crippen LogP contribution < -0.4 is 5.32 Å². The Kier molecular flexibility index (Phi) is 4.27. The molecule has 1 amide bonds. The van der Waals surface area contributed by atoms with E-state index in [0.717, 1.165) is 38.8 Å². The van der Waals surface area contributed by atoms with E-state index in [9.17, 15) is 10.1 Å². The van der Waals surface area contributed by atoms with Crippen LogP contribution in [0, 0.1) is 11.3 Å². The maximum absolute atomic E-state index is 13.4. The molecule has 2 aromatic carbocycles. The van der Waals surface area contributed by atoms with E-state index in [4.69, 9.17) is 0 Å². The number of carbonyl (C=O) groups excluding carboxylic acids is 1. The molecule has 6 rings (SSSR count). The molecule has 0 radical (unpaired) electrons. The molecule has 33 heavy (non-hydrogen) atoms. The molecular formula is C27H17N5O. The summed E-state index contributed by atoms with van der Waals surface area (Å²) in [6, 6.07) is 21.5. The third-order valence-electron chi connectivity index (χ3n) is 6.11. The third-order valence-corrected chi connectivity index (χ3v) is 6.11. The van der Waals surface area contributed by atoms with E-state index in [1.165, 1.54) is 0 Å². The van der Waals surface area contributed by atoms with Gasteiger partial charge in [-0.25, -0.2) is 4.98 Å². The normalized spacial score (nSPS) is 13.8.